The SMILES string of the molecule is Cc1nc(C(=O)Nc2cccc(C3(C)CC(=O)N(C)C(N)=N3)c2)c(C(F)(F)F)o1. The molecule has 0 saturated heterocycles. The lowest BCUT2D eigenvalue weighted by Gasteiger charge is -2.33. The number of benzene rings is 1. The van der Waals surface area contributed by atoms with Gasteiger partial charge in [-0.15, -0.1) is 0 Å². The van der Waals surface area contributed by atoms with Crippen LogP contribution in [0, 0.1) is 6.92 Å². The second-order valence-corrected chi connectivity index (χ2v) is 6.82. The van der Waals surface area contributed by atoms with E-state index >= 15 is 0 Å². The first-order chi connectivity index (χ1) is 13.4. The van der Waals surface area contributed by atoms with Crippen LogP contribution in [0.1, 0.15) is 41.0 Å². The number of aryl methyl sites for hydroxylation is 1. The van der Waals surface area contributed by atoms with E-state index in [-0.39, 0.29) is 29.9 Å². The Morgan fingerprint density at radius 1 is 1.38 bits per heavy atom. The Bertz CT molecular complexity index is 1010. The minimum absolute atomic E-state index is 0.0440. The molecule has 0 saturated carbocycles. The Kier molecular flexibility index (Phi) is 4.85. The van der Waals surface area contributed by atoms with E-state index in [2.05, 4.69) is 19.7 Å². The number of alkyl halides is 3. The molecule has 29 heavy (non-hydrogen) atoms. The van der Waals surface area contributed by atoms with Crippen molar-refractivity contribution in [2.75, 3.05) is 12.4 Å². The molecule has 1 aliphatic rings. The molecule has 11 heteroatoms. The second-order valence-electron chi connectivity index (χ2n) is 6.82. The Morgan fingerprint density at radius 3 is 2.69 bits per heavy atom. The van der Waals surface area contributed by atoms with E-state index in [9.17, 15) is 22.8 Å². The lowest BCUT2D eigenvalue weighted by Crippen LogP contribution is -2.47. The van der Waals surface area contributed by atoms with E-state index in [1.807, 2.05) is 0 Å². The molecule has 1 atom stereocenters. The van der Waals surface area contributed by atoms with Gasteiger partial charge in [-0.2, -0.15) is 13.2 Å². The van der Waals surface area contributed by atoms with Gasteiger partial charge in [-0.25, -0.2) is 9.98 Å². The van der Waals surface area contributed by atoms with Crippen molar-refractivity contribution in [3.8, 4) is 0 Å². The van der Waals surface area contributed by atoms with Crippen molar-refractivity contribution in [3.05, 3.63) is 47.2 Å². The molecule has 2 heterocycles. The topological polar surface area (TPSA) is 114 Å². The van der Waals surface area contributed by atoms with Gasteiger partial charge in [0.15, 0.2) is 17.5 Å². The zero-order valence-corrected chi connectivity index (χ0v) is 15.8. The largest absolute Gasteiger partial charge is 0.452 e. The molecular formula is C18H18F3N5O3. The van der Waals surface area contributed by atoms with Gasteiger partial charge in [0, 0.05) is 19.7 Å². The van der Waals surface area contributed by atoms with Gasteiger partial charge in [0.2, 0.25) is 11.7 Å². The number of hydrogen-bond donors (Lipinski definition) is 2. The standard InChI is InChI=1S/C18H18F3N5O3/c1-9-23-13(14(29-9)18(19,20)21)15(28)24-11-6-4-5-10(7-11)17(2)8-12(27)26(3)16(22)25-17/h4-7H,8H2,1-3H3,(H2,22,25)(H,24,28). The summed E-state index contributed by atoms with van der Waals surface area (Å²) in [5.74, 6) is -3.00. The summed E-state index contributed by atoms with van der Waals surface area (Å²) in [6.45, 7) is 2.92. The Labute approximate surface area is 163 Å². The molecule has 3 rings (SSSR count). The van der Waals surface area contributed by atoms with Gasteiger partial charge in [0.05, 0.1) is 12.0 Å². The normalized spacial score (nSPS) is 19.9. The number of guanidine groups is 1. The third-order valence-corrected chi connectivity index (χ3v) is 4.52. The van der Waals surface area contributed by atoms with Gasteiger partial charge in [-0.1, -0.05) is 12.1 Å². The lowest BCUT2D eigenvalue weighted by atomic mass is 9.87. The van der Waals surface area contributed by atoms with Crippen LogP contribution in [0.5, 0.6) is 0 Å². The van der Waals surface area contributed by atoms with Crippen molar-refractivity contribution in [1.29, 1.82) is 0 Å². The highest BCUT2D eigenvalue weighted by Gasteiger charge is 2.41. The maximum absolute atomic E-state index is 13.0. The average molecular weight is 409 g/mol. The van der Waals surface area contributed by atoms with E-state index < -0.39 is 29.1 Å². The van der Waals surface area contributed by atoms with Crippen LogP contribution in [-0.2, 0) is 16.5 Å². The van der Waals surface area contributed by atoms with Crippen molar-refractivity contribution >= 4 is 23.5 Å². The smallest absolute Gasteiger partial charge is 0.436 e. The van der Waals surface area contributed by atoms with Crippen molar-refractivity contribution in [1.82, 2.24) is 9.88 Å². The first kappa shape index (κ1) is 20.4. The first-order valence-electron chi connectivity index (χ1n) is 8.49. The van der Waals surface area contributed by atoms with Crippen molar-refractivity contribution in [3.63, 3.8) is 0 Å². The van der Waals surface area contributed by atoms with Gasteiger partial charge >= 0.3 is 6.18 Å². The zero-order valence-electron chi connectivity index (χ0n) is 15.8. The molecule has 1 aliphatic heterocycles. The summed E-state index contributed by atoms with van der Waals surface area (Å²) in [6.07, 6.45) is -4.81. The number of nitrogens with one attached hydrogen (secondary N) is 1. The fraction of sp³-hybridized carbons (Fsp3) is 0.333. The van der Waals surface area contributed by atoms with Gasteiger partial charge < -0.3 is 15.5 Å². The molecule has 154 valence electrons. The third-order valence-electron chi connectivity index (χ3n) is 4.52. The summed E-state index contributed by atoms with van der Waals surface area (Å²) >= 11 is 0. The predicted molar refractivity (Wildman–Crippen MR) is 97.0 cm³/mol. The van der Waals surface area contributed by atoms with Crippen LogP contribution in [0.25, 0.3) is 0 Å². The van der Waals surface area contributed by atoms with Gasteiger partial charge in [0.1, 0.15) is 0 Å². The number of anilines is 1. The van der Waals surface area contributed by atoms with Crippen molar-refractivity contribution < 1.29 is 27.2 Å². The number of hydrogen-bond acceptors (Lipinski definition) is 6. The van der Waals surface area contributed by atoms with Crippen molar-refractivity contribution in [2.45, 2.75) is 32.0 Å². The van der Waals surface area contributed by atoms with Crippen LogP contribution in [-0.4, -0.2) is 34.7 Å². The van der Waals surface area contributed by atoms with Gasteiger partial charge in [-0.05, 0) is 24.6 Å². The van der Waals surface area contributed by atoms with E-state index in [0.29, 0.717) is 5.56 Å². The Hall–Kier alpha value is -3.37. The summed E-state index contributed by atoms with van der Waals surface area (Å²) in [5, 5.41) is 2.38. The molecule has 0 fully saturated rings. The highest BCUT2D eigenvalue weighted by atomic mass is 19.4. The quantitative estimate of drug-likeness (QED) is 0.809. The molecular weight excluding hydrogens is 391 g/mol. The van der Waals surface area contributed by atoms with E-state index in [1.54, 1.807) is 19.1 Å². The minimum atomic E-state index is -4.86. The number of nitrogens with zero attached hydrogens (tertiary/aromatic N) is 3. The van der Waals surface area contributed by atoms with E-state index in [0.717, 1.165) is 0 Å². The predicted octanol–water partition coefficient (Wildman–Crippen LogP) is 2.65. The molecule has 8 nitrogen and oxygen atoms in total. The van der Waals surface area contributed by atoms with E-state index in [1.165, 1.54) is 31.0 Å². The van der Waals surface area contributed by atoms with Crippen LogP contribution in [0.4, 0.5) is 18.9 Å². The number of halogens is 3. The zero-order chi connectivity index (χ0) is 21.6. The van der Waals surface area contributed by atoms with Crippen LogP contribution in [0.15, 0.2) is 33.7 Å². The Balaban J connectivity index is 1.90. The number of carbonyl (C=O) groups excluding carboxylic acids is 2. The summed E-state index contributed by atoms with van der Waals surface area (Å²) in [5.41, 5.74) is 4.73. The first-order valence-corrected chi connectivity index (χ1v) is 8.49. The summed E-state index contributed by atoms with van der Waals surface area (Å²) in [7, 11) is 1.51. The highest BCUT2D eigenvalue weighted by Crippen LogP contribution is 2.35. The number of aliphatic imine (C=N–C) groups is 1. The van der Waals surface area contributed by atoms with Crippen LogP contribution >= 0.6 is 0 Å². The van der Waals surface area contributed by atoms with E-state index in [4.69, 9.17) is 5.73 Å². The molecule has 1 aromatic carbocycles. The number of rotatable bonds is 3. The summed E-state index contributed by atoms with van der Waals surface area (Å²) in [6, 6.07) is 6.29. The fourth-order valence-electron chi connectivity index (χ4n) is 2.97. The third kappa shape index (κ3) is 3.93. The number of oxazole rings is 1. The highest BCUT2D eigenvalue weighted by molar-refractivity contribution is 6.04. The lowest BCUT2D eigenvalue weighted by molar-refractivity contribution is -0.153. The molecule has 2 aromatic rings. The fourth-order valence-corrected chi connectivity index (χ4v) is 2.97. The van der Waals surface area contributed by atoms with Crippen molar-refractivity contribution in [2.24, 2.45) is 10.7 Å². The Morgan fingerprint density at radius 2 is 2.07 bits per heavy atom. The average Bonchev–Trinajstić information content (AvgIpc) is 3.02. The summed E-state index contributed by atoms with van der Waals surface area (Å²) in [4.78, 5) is 33.6. The van der Waals surface area contributed by atoms with Gasteiger partial charge in [0.25, 0.3) is 5.91 Å². The number of carbonyl (C=O) groups is 2. The molecule has 0 aliphatic carbocycles. The maximum atomic E-state index is 13.0. The number of aromatic nitrogens is 1. The van der Waals surface area contributed by atoms with Gasteiger partial charge in [-0.3, -0.25) is 14.5 Å². The molecule has 0 spiro atoms. The minimum Gasteiger partial charge on any atom is -0.436 e. The maximum Gasteiger partial charge on any atom is 0.452 e. The monoisotopic (exact) mass is 409 g/mol. The summed E-state index contributed by atoms with van der Waals surface area (Å²) < 4.78 is 43.7. The molecule has 3 N–H and O–H groups in total. The number of amides is 2. The van der Waals surface area contributed by atoms with Crippen LogP contribution in [0.2, 0.25) is 0 Å². The molecule has 1 aromatic heterocycles. The molecule has 2 amide bonds. The molecule has 0 bridgehead atoms. The number of nitrogens with two attached hydrogens (primary N) is 1. The molecule has 0 radical (unpaired) electrons. The van der Waals surface area contributed by atoms with Crippen LogP contribution in [0.3, 0.4) is 0 Å². The second kappa shape index (κ2) is 6.90. The molecule has 1 unspecified atom stereocenters. The van der Waals surface area contributed by atoms with Crippen LogP contribution < -0.4 is 11.1 Å².